The van der Waals surface area contributed by atoms with E-state index in [-0.39, 0.29) is 0 Å². The summed E-state index contributed by atoms with van der Waals surface area (Å²) in [4.78, 5) is 0. The van der Waals surface area contributed by atoms with E-state index in [0.717, 1.165) is 11.8 Å². The van der Waals surface area contributed by atoms with Gasteiger partial charge in [-0.2, -0.15) is 5.53 Å². The van der Waals surface area contributed by atoms with E-state index in [0.29, 0.717) is 12.1 Å². The van der Waals surface area contributed by atoms with Crippen molar-refractivity contribution < 1.29 is 0 Å². The van der Waals surface area contributed by atoms with E-state index >= 15 is 0 Å². The van der Waals surface area contributed by atoms with Gasteiger partial charge in [-0.25, -0.2) is 10.0 Å². The second-order valence-electron chi connectivity index (χ2n) is 7.21. The van der Waals surface area contributed by atoms with Crippen molar-refractivity contribution in [1.82, 2.24) is 15.6 Å². The number of hydrazine groups is 2. The summed E-state index contributed by atoms with van der Waals surface area (Å²) in [6.07, 6.45) is 7.74. The number of hydrogen-bond acceptors (Lipinski definition) is 3. The number of rotatable bonds is 9. The van der Waals surface area contributed by atoms with Gasteiger partial charge in [-0.15, -0.1) is 0 Å². The van der Waals surface area contributed by atoms with Crippen molar-refractivity contribution in [3.05, 3.63) is 0 Å². The topological polar surface area (TPSA) is 18.5 Å². The van der Waals surface area contributed by atoms with Crippen molar-refractivity contribution in [1.29, 1.82) is 0 Å². The normalized spacial score (nSPS) is 25.7. The molecule has 3 heteroatoms. The summed E-state index contributed by atoms with van der Waals surface area (Å²) in [5, 5.41) is 5.02. The van der Waals surface area contributed by atoms with E-state index in [2.05, 4.69) is 57.1 Å². The molecule has 1 N–H and O–H groups in total. The van der Waals surface area contributed by atoms with Gasteiger partial charge in [0.05, 0.1) is 0 Å². The fourth-order valence-corrected chi connectivity index (χ4v) is 3.56. The molecular weight excluding hydrogens is 258 g/mol. The molecule has 0 aliphatic carbocycles. The van der Waals surface area contributed by atoms with Crippen LogP contribution in [0.25, 0.3) is 0 Å². The molecule has 0 spiro atoms. The van der Waals surface area contributed by atoms with E-state index in [9.17, 15) is 0 Å². The molecule has 3 nitrogen and oxygen atoms in total. The van der Waals surface area contributed by atoms with Crippen molar-refractivity contribution in [3.8, 4) is 0 Å². The summed E-state index contributed by atoms with van der Waals surface area (Å²) < 4.78 is 0. The third kappa shape index (κ3) is 5.88. The molecule has 0 amide bonds. The van der Waals surface area contributed by atoms with E-state index in [1.165, 1.54) is 51.6 Å². The molecule has 0 aromatic rings. The van der Waals surface area contributed by atoms with Crippen LogP contribution in [0.2, 0.25) is 0 Å². The molecule has 1 saturated heterocycles. The monoisotopic (exact) mass is 297 g/mol. The van der Waals surface area contributed by atoms with Gasteiger partial charge in [-0.05, 0) is 38.5 Å². The highest BCUT2D eigenvalue weighted by molar-refractivity contribution is 4.81. The second kappa shape index (κ2) is 9.81. The van der Waals surface area contributed by atoms with Crippen molar-refractivity contribution in [2.75, 3.05) is 13.1 Å². The first kappa shape index (κ1) is 18.9. The molecule has 0 aromatic heterocycles. The lowest BCUT2D eigenvalue weighted by Crippen LogP contribution is -2.64. The van der Waals surface area contributed by atoms with Crippen LogP contribution in [0, 0.1) is 11.8 Å². The van der Waals surface area contributed by atoms with Crippen LogP contribution in [0.15, 0.2) is 0 Å². The van der Waals surface area contributed by atoms with E-state index in [1.807, 2.05) is 0 Å². The lowest BCUT2D eigenvalue weighted by atomic mass is 9.88. The van der Waals surface area contributed by atoms with Crippen LogP contribution < -0.4 is 5.53 Å². The number of nitrogens with one attached hydrogen (secondary N) is 1. The highest BCUT2D eigenvalue weighted by Gasteiger charge is 2.32. The van der Waals surface area contributed by atoms with Crippen LogP contribution >= 0.6 is 0 Å². The van der Waals surface area contributed by atoms with Gasteiger partial charge in [0.15, 0.2) is 0 Å². The van der Waals surface area contributed by atoms with Gasteiger partial charge in [0.25, 0.3) is 0 Å². The minimum atomic E-state index is 0.628. The van der Waals surface area contributed by atoms with Crippen molar-refractivity contribution in [3.63, 3.8) is 0 Å². The Hall–Kier alpha value is -0.120. The molecule has 1 fully saturated rings. The second-order valence-corrected chi connectivity index (χ2v) is 7.21. The quantitative estimate of drug-likeness (QED) is 0.678. The lowest BCUT2D eigenvalue weighted by Gasteiger charge is -2.47. The Morgan fingerprint density at radius 2 is 1.24 bits per heavy atom. The molecule has 1 heterocycles. The van der Waals surface area contributed by atoms with Gasteiger partial charge >= 0.3 is 0 Å². The fraction of sp³-hybridized carbons (Fsp3) is 1.00. The minimum absolute atomic E-state index is 0.628. The average molecular weight is 298 g/mol. The molecule has 0 radical (unpaired) electrons. The molecule has 126 valence electrons. The molecule has 3 atom stereocenters. The Kier molecular flexibility index (Phi) is 8.84. The molecule has 0 bridgehead atoms. The molecule has 0 saturated carbocycles. The Morgan fingerprint density at radius 3 is 1.62 bits per heavy atom. The summed E-state index contributed by atoms with van der Waals surface area (Å²) in [6, 6.07) is 1.26. The maximum atomic E-state index is 3.72. The van der Waals surface area contributed by atoms with Gasteiger partial charge < -0.3 is 0 Å². The zero-order valence-electron chi connectivity index (χ0n) is 15.4. The zero-order valence-corrected chi connectivity index (χ0v) is 15.4. The average Bonchev–Trinajstić information content (AvgIpc) is 2.47. The van der Waals surface area contributed by atoms with Crippen LogP contribution in [0.1, 0.15) is 80.1 Å². The maximum Gasteiger partial charge on any atom is 0.0228 e. The lowest BCUT2D eigenvalue weighted by molar-refractivity contribution is -0.0962. The Labute approximate surface area is 133 Å². The van der Waals surface area contributed by atoms with Gasteiger partial charge in [0.1, 0.15) is 0 Å². The largest absolute Gasteiger partial charge is 0.228 e. The third-order valence-electron chi connectivity index (χ3n) is 5.15. The highest BCUT2D eigenvalue weighted by atomic mass is 15.8. The van der Waals surface area contributed by atoms with Crippen molar-refractivity contribution in [2.24, 2.45) is 11.8 Å². The van der Waals surface area contributed by atoms with Crippen LogP contribution in [0.4, 0.5) is 0 Å². The van der Waals surface area contributed by atoms with Crippen LogP contribution in [0.3, 0.4) is 0 Å². The summed E-state index contributed by atoms with van der Waals surface area (Å²) in [7, 11) is 0. The van der Waals surface area contributed by atoms with Crippen LogP contribution in [-0.2, 0) is 0 Å². The zero-order chi connectivity index (χ0) is 15.8. The van der Waals surface area contributed by atoms with Crippen LogP contribution in [0.5, 0.6) is 0 Å². The van der Waals surface area contributed by atoms with E-state index in [4.69, 9.17) is 0 Å². The first-order valence-electron chi connectivity index (χ1n) is 9.32. The predicted molar refractivity (Wildman–Crippen MR) is 92.8 cm³/mol. The molecule has 1 aliphatic rings. The first-order chi connectivity index (χ1) is 10.0. The molecule has 1 rings (SSSR count). The Morgan fingerprint density at radius 1 is 0.810 bits per heavy atom. The molecular formula is C18H39N3. The molecule has 0 aromatic carbocycles. The number of nitrogens with zero attached hydrogens (tertiary/aromatic N) is 2. The first-order valence-corrected chi connectivity index (χ1v) is 9.32. The Bertz CT molecular complexity index is 220. The van der Waals surface area contributed by atoms with Crippen molar-refractivity contribution in [2.45, 2.75) is 92.2 Å². The molecule has 3 unspecified atom stereocenters. The third-order valence-corrected chi connectivity index (χ3v) is 5.15. The van der Waals surface area contributed by atoms with Gasteiger partial charge in [0, 0.05) is 25.2 Å². The summed E-state index contributed by atoms with van der Waals surface area (Å²) in [5.74, 6) is 1.62. The van der Waals surface area contributed by atoms with E-state index < -0.39 is 0 Å². The SMILES string of the molecule is CCCC(C)C1CN(C(C)CCC)NN(C(C)CCC)C1. The van der Waals surface area contributed by atoms with Gasteiger partial charge in [-0.3, -0.25) is 0 Å². The predicted octanol–water partition coefficient (Wildman–Crippen LogP) is 4.45. The fourth-order valence-electron chi connectivity index (χ4n) is 3.56. The minimum Gasteiger partial charge on any atom is -0.228 e. The summed E-state index contributed by atoms with van der Waals surface area (Å²) in [6.45, 7) is 16.5. The number of hydrogen-bond donors (Lipinski definition) is 1. The van der Waals surface area contributed by atoms with Gasteiger partial charge in [-0.1, -0.05) is 53.4 Å². The van der Waals surface area contributed by atoms with Crippen LogP contribution in [-0.4, -0.2) is 35.2 Å². The summed E-state index contributed by atoms with van der Waals surface area (Å²) >= 11 is 0. The Balaban J connectivity index is 2.72. The van der Waals surface area contributed by atoms with E-state index in [1.54, 1.807) is 0 Å². The molecule has 21 heavy (non-hydrogen) atoms. The maximum absolute atomic E-state index is 3.72. The van der Waals surface area contributed by atoms with Gasteiger partial charge in [0.2, 0.25) is 0 Å². The standard InChI is InChI=1S/C18H39N3/c1-7-10-15(4)18-13-20(16(5)11-8-2)19-21(14-18)17(6)12-9-3/h15-19H,7-14H2,1-6H3. The van der Waals surface area contributed by atoms with Crippen molar-refractivity contribution >= 4 is 0 Å². The molecule has 1 aliphatic heterocycles. The smallest absolute Gasteiger partial charge is 0.0228 e. The summed E-state index contributed by atoms with van der Waals surface area (Å²) in [5.41, 5.74) is 3.72. The highest BCUT2D eigenvalue weighted by Crippen LogP contribution is 2.25.